The number of likely N-dealkylation sites (tertiary alicyclic amines) is 1. The lowest BCUT2D eigenvalue weighted by molar-refractivity contribution is -0.143. The van der Waals surface area contributed by atoms with Crippen molar-refractivity contribution in [2.75, 3.05) is 31.6 Å². The molecule has 1 saturated heterocycles. The monoisotopic (exact) mass is 472 g/mol. The van der Waals surface area contributed by atoms with Gasteiger partial charge in [-0.25, -0.2) is 23.1 Å². The average Bonchev–Trinajstić information content (AvgIpc) is 3.16. The number of aliphatic hydroxyl groups excluding tert-OH is 1. The molecule has 32 heavy (non-hydrogen) atoms. The van der Waals surface area contributed by atoms with Gasteiger partial charge >= 0.3 is 0 Å². The summed E-state index contributed by atoms with van der Waals surface area (Å²) in [5.41, 5.74) is 1.50. The average molecular weight is 473 g/mol. The lowest BCUT2D eigenvalue weighted by atomic mass is 9.97. The van der Waals surface area contributed by atoms with E-state index < -0.39 is 36.5 Å². The molecule has 0 bridgehead atoms. The van der Waals surface area contributed by atoms with Crippen LogP contribution in [0, 0.1) is 5.82 Å². The molecule has 1 fully saturated rings. The van der Waals surface area contributed by atoms with Gasteiger partial charge in [-0.3, -0.25) is 10.1 Å². The zero-order valence-electron chi connectivity index (χ0n) is 17.1. The van der Waals surface area contributed by atoms with Crippen molar-refractivity contribution in [3.05, 3.63) is 35.7 Å². The Hall–Kier alpha value is -2.37. The van der Waals surface area contributed by atoms with E-state index in [9.17, 15) is 18.0 Å². The third kappa shape index (κ3) is 4.84. The maximum atomic E-state index is 14.4. The number of aromatic nitrogens is 2. The van der Waals surface area contributed by atoms with Crippen molar-refractivity contribution >= 4 is 28.9 Å². The Kier molecular flexibility index (Phi) is 6.59. The van der Waals surface area contributed by atoms with Crippen LogP contribution in [0.5, 0.6) is 0 Å². The van der Waals surface area contributed by atoms with E-state index in [-0.39, 0.29) is 49.3 Å². The van der Waals surface area contributed by atoms with Gasteiger partial charge in [-0.05, 0) is 5.57 Å². The number of amides is 1. The van der Waals surface area contributed by atoms with E-state index in [0.717, 1.165) is 11.8 Å². The summed E-state index contributed by atoms with van der Waals surface area (Å²) in [6.45, 7) is -0.0172. The van der Waals surface area contributed by atoms with Gasteiger partial charge in [-0.15, -0.1) is 11.6 Å². The molecule has 1 amide bonds. The SMILES string of the molecule is O=C(CCO)N1CCC(F)(F)CC1CNc1nc(C2=CNC3NCC(Cl)C=C23)ncc1F. The molecule has 3 aliphatic rings. The first-order valence-corrected chi connectivity index (χ1v) is 10.8. The van der Waals surface area contributed by atoms with Crippen molar-refractivity contribution in [3.8, 4) is 0 Å². The number of aliphatic hydroxyl groups is 1. The fraction of sp³-hybridized carbons (Fsp3) is 0.550. The van der Waals surface area contributed by atoms with Crippen LogP contribution in [0.15, 0.2) is 24.0 Å². The van der Waals surface area contributed by atoms with Crippen molar-refractivity contribution < 1.29 is 23.1 Å². The highest BCUT2D eigenvalue weighted by Gasteiger charge is 2.41. The lowest BCUT2D eigenvalue weighted by Gasteiger charge is -2.39. The molecule has 174 valence electrons. The number of carbonyl (C=O) groups excluding carboxylic acids is 1. The van der Waals surface area contributed by atoms with Gasteiger partial charge in [0.2, 0.25) is 5.91 Å². The molecule has 3 atom stereocenters. The fourth-order valence-corrected chi connectivity index (χ4v) is 4.36. The first kappa shape index (κ1) is 22.8. The Balaban J connectivity index is 1.51. The van der Waals surface area contributed by atoms with E-state index in [0.29, 0.717) is 12.1 Å². The van der Waals surface area contributed by atoms with Crippen molar-refractivity contribution in [1.82, 2.24) is 25.5 Å². The fourth-order valence-electron chi connectivity index (χ4n) is 4.14. The number of hydrogen-bond donors (Lipinski definition) is 4. The maximum Gasteiger partial charge on any atom is 0.251 e. The quantitative estimate of drug-likeness (QED) is 0.465. The minimum atomic E-state index is -2.92. The third-order valence-corrected chi connectivity index (χ3v) is 6.00. The minimum Gasteiger partial charge on any atom is -0.396 e. The number of rotatable bonds is 6. The third-order valence-electron chi connectivity index (χ3n) is 5.72. The number of halogens is 4. The standard InChI is InChI=1S/C20H24ClF3N6O2/c21-11-5-13-14(9-27-17(13)25-7-11)18-28-10-15(22)19(29-18)26-8-12-6-20(23,24)2-3-30(12)16(32)1-4-31/h5,9-12,17,25,27,31H,1-4,6-8H2,(H,26,28,29). The molecule has 0 radical (unpaired) electrons. The van der Waals surface area contributed by atoms with Gasteiger partial charge in [0.1, 0.15) is 6.17 Å². The number of fused-ring (bicyclic) bond motifs is 1. The number of carbonyl (C=O) groups is 1. The summed E-state index contributed by atoms with van der Waals surface area (Å²) < 4.78 is 42.4. The van der Waals surface area contributed by atoms with E-state index in [1.807, 2.05) is 6.08 Å². The Bertz CT molecular complexity index is 944. The van der Waals surface area contributed by atoms with Crippen LogP contribution in [-0.4, -0.2) is 75.6 Å². The first-order chi connectivity index (χ1) is 15.3. The molecule has 4 heterocycles. The molecule has 8 nitrogen and oxygen atoms in total. The molecule has 4 N–H and O–H groups in total. The van der Waals surface area contributed by atoms with Gasteiger partial charge in [0.25, 0.3) is 5.92 Å². The number of anilines is 1. The number of piperidine rings is 1. The molecule has 1 aromatic heterocycles. The molecule has 1 aromatic rings. The highest BCUT2D eigenvalue weighted by atomic mass is 35.5. The zero-order valence-corrected chi connectivity index (χ0v) is 17.9. The highest BCUT2D eigenvalue weighted by molar-refractivity contribution is 6.22. The molecule has 0 aliphatic carbocycles. The second-order valence-electron chi connectivity index (χ2n) is 8.00. The van der Waals surface area contributed by atoms with Crippen LogP contribution in [0.1, 0.15) is 25.1 Å². The Morgan fingerprint density at radius 3 is 3.03 bits per heavy atom. The van der Waals surface area contributed by atoms with E-state index >= 15 is 0 Å². The number of hydrogen-bond acceptors (Lipinski definition) is 7. The second kappa shape index (κ2) is 9.24. The largest absolute Gasteiger partial charge is 0.396 e. The van der Waals surface area contributed by atoms with E-state index in [2.05, 4.69) is 25.9 Å². The smallest absolute Gasteiger partial charge is 0.251 e. The van der Waals surface area contributed by atoms with Gasteiger partial charge < -0.3 is 20.6 Å². The summed E-state index contributed by atoms with van der Waals surface area (Å²) in [6, 6.07) is -0.866. The number of alkyl halides is 3. The number of nitrogens with zero attached hydrogens (tertiary/aromatic N) is 3. The molecule has 0 aromatic carbocycles. The van der Waals surface area contributed by atoms with E-state index in [4.69, 9.17) is 16.7 Å². The Morgan fingerprint density at radius 2 is 2.25 bits per heavy atom. The molecule has 0 saturated carbocycles. The van der Waals surface area contributed by atoms with Gasteiger partial charge in [0, 0.05) is 50.7 Å². The van der Waals surface area contributed by atoms with Crippen LogP contribution < -0.4 is 16.0 Å². The van der Waals surface area contributed by atoms with Crippen molar-refractivity contribution in [1.29, 1.82) is 0 Å². The normalized spacial score (nSPS) is 26.7. The summed E-state index contributed by atoms with van der Waals surface area (Å²) in [6.07, 6.45) is 3.32. The topological polar surface area (TPSA) is 102 Å². The summed E-state index contributed by atoms with van der Waals surface area (Å²) in [7, 11) is 0. The predicted molar refractivity (Wildman–Crippen MR) is 112 cm³/mol. The van der Waals surface area contributed by atoms with Crippen LogP contribution in [0.25, 0.3) is 5.57 Å². The summed E-state index contributed by atoms with van der Waals surface area (Å²) in [5, 5.41) is 18.0. The molecule has 3 aliphatic heterocycles. The van der Waals surface area contributed by atoms with Gasteiger partial charge in [-0.2, -0.15) is 0 Å². The van der Waals surface area contributed by atoms with Gasteiger partial charge in [-0.1, -0.05) is 6.08 Å². The second-order valence-corrected chi connectivity index (χ2v) is 8.56. The Labute approximate surface area is 187 Å². The maximum absolute atomic E-state index is 14.4. The Morgan fingerprint density at radius 1 is 1.44 bits per heavy atom. The predicted octanol–water partition coefficient (Wildman–Crippen LogP) is 1.44. The van der Waals surface area contributed by atoms with Crippen molar-refractivity contribution in [3.63, 3.8) is 0 Å². The summed E-state index contributed by atoms with van der Waals surface area (Å²) in [5.74, 6) is -3.97. The summed E-state index contributed by atoms with van der Waals surface area (Å²) in [4.78, 5) is 21.9. The van der Waals surface area contributed by atoms with Crippen LogP contribution >= 0.6 is 11.6 Å². The van der Waals surface area contributed by atoms with E-state index in [1.165, 1.54) is 4.90 Å². The van der Waals surface area contributed by atoms with Crippen molar-refractivity contribution in [2.45, 2.75) is 42.8 Å². The van der Waals surface area contributed by atoms with Gasteiger partial charge in [0.15, 0.2) is 17.5 Å². The molecule has 3 unspecified atom stereocenters. The van der Waals surface area contributed by atoms with E-state index in [1.54, 1.807) is 6.20 Å². The first-order valence-electron chi connectivity index (χ1n) is 10.4. The zero-order chi connectivity index (χ0) is 22.9. The molecule has 0 spiro atoms. The number of nitrogens with one attached hydrogen (secondary N) is 3. The molecular formula is C20H24ClF3N6O2. The lowest BCUT2D eigenvalue weighted by Crippen LogP contribution is -2.52. The van der Waals surface area contributed by atoms with Crippen LogP contribution in [0.2, 0.25) is 0 Å². The van der Waals surface area contributed by atoms with Crippen LogP contribution in [-0.2, 0) is 4.79 Å². The minimum absolute atomic E-state index is 0.117. The summed E-state index contributed by atoms with van der Waals surface area (Å²) >= 11 is 6.20. The van der Waals surface area contributed by atoms with Crippen molar-refractivity contribution in [2.24, 2.45) is 0 Å². The van der Waals surface area contributed by atoms with Crippen LogP contribution in [0.4, 0.5) is 19.0 Å². The molecular weight excluding hydrogens is 449 g/mol. The molecule has 12 heteroatoms. The highest BCUT2D eigenvalue weighted by Crippen LogP contribution is 2.33. The van der Waals surface area contributed by atoms with Gasteiger partial charge in [0.05, 0.1) is 24.2 Å². The molecule has 4 rings (SSSR count). The van der Waals surface area contributed by atoms with Crippen LogP contribution in [0.3, 0.4) is 0 Å².